The number of amides is 1. The molecule has 0 saturated carbocycles. The molecular formula is C26H26N6O3. The molecule has 0 aliphatic heterocycles. The number of carbonyl (C=O) groups excluding carboxylic acids is 1. The number of hydrogen-bond donors (Lipinski definition) is 1. The van der Waals surface area contributed by atoms with Gasteiger partial charge in [0.25, 0.3) is 5.91 Å². The van der Waals surface area contributed by atoms with E-state index in [0.717, 1.165) is 11.3 Å². The third-order valence-electron chi connectivity index (χ3n) is 5.33. The molecule has 35 heavy (non-hydrogen) atoms. The maximum atomic E-state index is 13.2. The van der Waals surface area contributed by atoms with Gasteiger partial charge in [0, 0.05) is 18.5 Å². The smallest absolute Gasteiger partial charge is 0.262 e. The summed E-state index contributed by atoms with van der Waals surface area (Å²) in [7, 11) is 3.13. The molecular weight excluding hydrogens is 444 g/mol. The van der Waals surface area contributed by atoms with Crippen molar-refractivity contribution >= 4 is 22.9 Å². The molecule has 3 heterocycles. The zero-order valence-electron chi connectivity index (χ0n) is 20.0. The number of fused-ring (bicyclic) bond motifs is 1. The average Bonchev–Trinajstić information content (AvgIpc) is 3.49. The number of ether oxygens (including phenoxy) is 2. The maximum absolute atomic E-state index is 13.2. The summed E-state index contributed by atoms with van der Waals surface area (Å²) in [6.07, 6.45) is 8.37. The molecule has 4 aromatic rings. The summed E-state index contributed by atoms with van der Waals surface area (Å²) in [6, 6.07) is 11.3. The Labute approximate surface area is 203 Å². The highest BCUT2D eigenvalue weighted by molar-refractivity contribution is 6.08. The molecule has 0 aliphatic carbocycles. The van der Waals surface area contributed by atoms with Crippen LogP contribution in [0.15, 0.2) is 85.2 Å². The molecule has 0 radical (unpaired) electrons. The molecule has 0 saturated heterocycles. The summed E-state index contributed by atoms with van der Waals surface area (Å²) in [5.41, 5.74) is 3.84. The highest BCUT2D eigenvalue weighted by Crippen LogP contribution is 2.25. The highest BCUT2D eigenvalue weighted by atomic mass is 16.5. The number of aryl methyl sites for hydroxylation is 1. The van der Waals surface area contributed by atoms with Crippen molar-refractivity contribution in [3.63, 3.8) is 0 Å². The van der Waals surface area contributed by atoms with Gasteiger partial charge in [-0.05, 0) is 49.8 Å². The summed E-state index contributed by atoms with van der Waals surface area (Å²) >= 11 is 0. The zero-order valence-corrected chi connectivity index (χ0v) is 20.0. The average molecular weight is 471 g/mol. The van der Waals surface area contributed by atoms with Gasteiger partial charge >= 0.3 is 0 Å². The topological polar surface area (TPSA) is 95.6 Å². The number of carbonyl (C=O) groups is 1. The number of hydrogen-bond acceptors (Lipinski definition) is 6. The summed E-state index contributed by atoms with van der Waals surface area (Å²) in [5.74, 6) is 1.19. The Morgan fingerprint density at radius 2 is 1.89 bits per heavy atom. The van der Waals surface area contributed by atoms with E-state index in [9.17, 15) is 4.79 Å². The van der Waals surface area contributed by atoms with Crippen molar-refractivity contribution in [3.8, 4) is 5.69 Å². The largest absolute Gasteiger partial charge is 0.493 e. The van der Waals surface area contributed by atoms with Gasteiger partial charge < -0.3 is 14.8 Å². The summed E-state index contributed by atoms with van der Waals surface area (Å²) in [4.78, 5) is 17.4. The van der Waals surface area contributed by atoms with Gasteiger partial charge in [0.2, 0.25) is 0 Å². The van der Waals surface area contributed by atoms with E-state index in [-0.39, 0.29) is 5.91 Å². The molecule has 1 amide bonds. The molecule has 9 nitrogen and oxygen atoms in total. The van der Waals surface area contributed by atoms with Gasteiger partial charge in [0.15, 0.2) is 17.2 Å². The van der Waals surface area contributed by atoms with E-state index in [4.69, 9.17) is 14.6 Å². The number of rotatable bonds is 8. The second kappa shape index (κ2) is 10.1. The van der Waals surface area contributed by atoms with Gasteiger partial charge in [-0.15, -0.1) is 0 Å². The van der Waals surface area contributed by atoms with Gasteiger partial charge in [-0.1, -0.05) is 24.3 Å². The first kappa shape index (κ1) is 23.5. The van der Waals surface area contributed by atoms with Crippen molar-refractivity contribution in [2.45, 2.75) is 13.8 Å². The van der Waals surface area contributed by atoms with Gasteiger partial charge in [0.1, 0.15) is 11.4 Å². The quantitative estimate of drug-likeness (QED) is 0.299. The van der Waals surface area contributed by atoms with Crippen LogP contribution in [-0.2, 0) is 9.47 Å². The molecule has 1 aromatic carbocycles. The second-order valence-electron chi connectivity index (χ2n) is 7.66. The Bertz CT molecular complexity index is 1440. The normalized spacial score (nSPS) is 12.0. The number of benzene rings is 1. The van der Waals surface area contributed by atoms with Crippen LogP contribution in [0, 0.1) is 6.92 Å². The number of allylic oxidation sites excluding steroid dienone is 3. The van der Waals surface area contributed by atoms with Crippen LogP contribution in [0.25, 0.3) is 16.9 Å². The maximum Gasteiger partial charge on any atom is 0.262 e. The lowest BCUT2D eigenvalue weighted by molar-refractivity contribution is 0.102. The fourth-order valence-corrected chi connectivity index (χ4v) is 3.50. The van der Waals surface area contributed by atoms with Gasteiger partial charge in [-0.3, -0.25) is 4.79 Å². The third kappa shape index (κ3) is 4.84. The first-order chi connectivity index (χ1) is 16.9. The van der Waals surface area contributed by atoms with E-state index in [0.29, 0.717) is 39.8 Å². The summed E-state index contributed by atoms with van der Waals surface area (Å²) in [5, 5.41) is 11.9. The van der Waals surface area contributed by atoms with E-state index in [1.54, 1.807) is 60.1 Å². The second-order valence-corrected chi connectivity index (χ2v) is 7.66. The number of anilines is 1. The molecule has 0 spiro atoms. The van der Waals surface area contributed by atoms with Crippen molar-refractivity contribution in [2.75, 3.05) is 19.5 Å². The standard InChI is InChI=1S/C26H26N6O3/c1-6-22(34-4)23(35-5)14-18(3)21-15-24(32(30-21)19-10-8-17(2)9-11-19)29-26(33)20-16-28-31-13-7-12-27-25(20)31/h6-16H,3H2,1-2,4-5H3,(H,29,33). The Morgan fingerprint density at radius 3 is 2.57 bits per heavy atom. The molecule has 0 bridgehead atoms. The van der Waals surface area contributed by atoms with Crippen molar-refractivity contribution in [3.05, 3.63) is 102 Å². The monoisotopic (exact) mass is 470 g/mol. The van der Waals surface area contributed by atoms with E-state index in [2.05, 4.69) is 22.0 Å². The van der Waals surface area contributed by atoms with Crippen molar-refractivity contribution in [1.29, 1.82) is 0 Å². The van der Waals surface area contributed by atoms with E-state index in [1.807, 2.05) is 38.1 Å². The minimum Gasteiger partial charge on any atom is -0.493 e. The first-order valence-electron chi connectivity index (χ1n) is 10.9. The predicted octanol–water partition coefficient (Wildman–Crippen LogP) is 4.57. The highest BCUT2D eigenvalue weighted by Gasteiger charge is 2.19. The SMILES string of the molecule is C=C(C=C(OC)C(=CC)OC)c1cc(NC(=O)c2cnn3cccnc23)n(-c2ccc(C)cc2)n1. The van der Waals surface area contributed by atoms with Crippen LogP contribution < -0.4 is 5.32 Å². The first-order valence-corrected chi connectivity index (χ1v) is 10.9. The van der Waals surface area contributed by atoms with E-state index in [1.165, 1.54) is 6.20 Å². The van der Waals surface area contributed by atoms with Crippen molar-refractivity contribution < 1.29 is 14.3 Å². The molecule has 0 fully saturated rings. The molecule has 0 aliphatic rings. The van der Waals surface area contributed by atoms with Gasteiger partial charge in [0.05, 0.1) is 31.8 Å². The summed E-state index contributed by atoms with van der Waals surface area (Å²) in [6.45, 7) is 8.00. The predicted molar refractivity (Wildman–Crippen MR) is 134 cm³/mol. The lowest BCUT2D eigenvalue weighted by atomic mass is 10.2. The van der Waals surface area contributed by atoms with Crippen LogP contribution in [0.2, 0.25) is 0 Å². The Hall–Kier alpha value is -4.66. The van der Waals surface area contributed by atoms with Crippen LogP contribution >= 0.6 is 0 Å². The molecule has 0 atom stereocenters. The van der Waals surface area contributed by atoms with E-state index < -0.39 is 0 Å². The lowest BCUT2D eigenvalue weighted by Gasteiger charge is -2.09. The van der Waals surface area contributed by atoms with Gasteiger partial charge in [-0.2, -0.15) is 10.2 Å². The molecule has 178 valence electrons. The molecule has 0 unspecified atom stereocenters. The number of nitrogens with one attached hydrogen (secondary N) is 1. The van der Waals surface area contributed by atoms with E-state index >= 15 is 0 Å². The van der Waals surface area contributed by atoms with Crippen LogP contribution in [-0.4, -0.2) is 44.5 Å². The van der Waals surface area contributed by atoms with Crippen LogP contribution in [0.1, 0.15) is 28.5 Å². The molecule has 9 heteroatoms. The fourth-order valence-electron chi connectivity index (χ4n) is 3.50. The lowest BCUT2D eigenvalue weighted by Crippen LogP contribution is -2.15. The third-order valence-corrected chi connectivity index (χ3v) is 5.33. The molecule has 1 N–H and O–H groups in total. The zero-order chi connectivity index (χ0) is 24.9. The van der Waals surface area contributed by atoms with Crippen LogP contribution in [0.5, 0.6) is 0 Å². The fraction of sp³-hybridized carbons (Fsp3) is 0.154. The summed E-state index contributed by atoms with van der Waals surface area (Å²) < 4.78 is 14.0. The number of nitrogens with zero attached hydrogens (tertiary/aromatic N) is 5. The Balaban J connectivity index is 1.73. The van der Waals surface area contributed by atoms with Gasteiger partial charge in [-0.25, -0.2) is 14.2 Å². The molecule has 3 aromatic heterocycles. The van der Waals surface area contributed by atoms with Crippen molar-refractivity contribution in [2.24, 2.45) is 0 Å². The van der Waals surface area contributed by atoms with Crippen molar-refractivity contribution in [1.82, 2.24) is 24.4 Å². The molecule has 4 rings (SSSR count). The number of aromatic nitrogens is 5. The minimum absolute atomic E-state index is 0.349. The van der Waals surface area contributed by atoms with Crippen LogP contribution in [0.3, 0.4) is 0 Å². The van der Waals surface area contributed by atoms with Crippen LogP contribution in [0.4, 0.5) is 5.82 Å². The number of methoxy groups -OCH3 is 2. The Morgan fingerprint density at radius 1 is 1.14 bits per heavy atom. The Kier molecular flexibility index (Phi) is 6.77. The minimum atomic E-state index is -0.354.